The maximum Gasteiger partial charge on any atom is 0.320 e. The van der Waals surface area contributed by atoms with Gasteiger partial charge in [0.2, 0.25) is 5.95 Å². The molecule has 2 aromatic carbocycles. The second kappa shape index (κ2) is 16.4. The van der Waals surface area contributed by atoms with Crippen molar-refractivity contribution >= 4 is 29.1 Å². The van der Waals surface area contributed by atoms with Crippen molar-refractivity contribution in [2.75, 3.05) is 31.2 Å². The zero-order valence-electron chi connectivity index (χ0n) is 30.3. The summed E-state index contributed by atoms with van der Waals surface area (Å²) >= 11 is 0. The molecule has 274 valence electrons. The molecular weight excluding hydrogens is 656 g/mol. The van der Waals surface area contributed by atoms with Gasteiger partial charge in [0, 0.05) is 36.2 Å². The number of benzene rings is 2. The third-order valence-electron chi connectivity index (χ3n) is 9.67. The van der Waals surface area contributed by atoms with E-state index in [1.54, 1.807) is 36.4 Å². The molecule has 2 amide bonds. The van der Waals surface area contributed by atoms with Crippen molar-refractivity contribution in [1.82, 2.24) is 25.2 Å². The molecule has 12 nitrogen and oxygen atoms in total. The van der Waals surface area contributed by atoms with E-state index in [1.807, 2.05) is 55.6 Å². The molecule has 2 aromatic heterocycles. The van der Waals surface area contributed by atoms with E-state index in [0.717, 1.165) is 72.8 Å². The Morgan fingerprint density at radius 2 is 1.79 bits per heavy atom. The first-order valence-electron chi connectivity index (χ1n) is 18.0. The molecule has 0 unspecified atom stereocenters. The van der Waals surface area contributed by atoms with Gasteiger partial charge in [-0.1, -0.05) is 63.2 Å². The molecule has 2 aliphatic rings. The molecule has 0 spiro atoms. The lowest BCUT2D eigenvalue weighted by Gasteiger charge is -2.32. The average molecular weight is 707 g/mol. The average Bonchev–Trinajstić information content (AvgIpc) is 3.57. The molecule has 1 saturated heterocycles. The van der Waals surface area contributed by atoms with Crippen LogP contribution < -0.4 is 26.0 Å². The number of piperidine rings is 1. The fraction of sp³-hybridized carbons (Fsp3) is 0.400. The molecular formula is C40H50N8O4. The Bertz CT molecular complexity index is 1900. The highest BCUT2D eigenvalue weighted by molar-refractivity contribution is 6.05. The molecule has 3 heterocycles. The van der Waals surface area contributed by atoms with Crippen LogP contribution in [-0.4, -0.2) is 64.0 Å². The first kappa shape index (κ1) is 36.6. The summed E-state index contributed by atoms with van der Waals surface area (Å²) < 4.78 is 14.3. The molecule has 6 rings (SSSR count). The number of hydrogen-bond acceptors (Lipinski definition) is 9. The highest BCUT2D eigenvalue weighted by Crippen LogP contribution is 2.38. The minimum absolute atomic E-state index is 0.0582. The van der Waals surface area contributed by atoms with Crippen LogP contribution in [0.3, 0.4) is 0 Å². The summed E-state index contributed by atoms with van der Waals surface area (Å²) in [5.74, 6) is 2.03. The Kier molecular flexibility index (Phi) is 11.6. The van der Waals surface area contributed by atoms with E-state index in [2.05, 4.69) is 49.4 Å². The zero-order valence-corrected chi connectivity index (χ0v) is 30.3. The van der Waals surface area contributed by atoms with Crippen molar-refractivity contribution in [3.63, 3.8) is 0 Å². The number of carbonyl (C=O) groups is 1. The number of aliphatic imine (C=N–C) groups is 1. The summed E-state index contributed by atoms with van der Waals surface area (Å²) in [6, 6.07) is 18.7. The normalized spacial score (nSPS) is 18.6. The quantitative estimate of drug-likeness (QED) is 0.0805. The van der Waals surface area contributed by atoms with Gasteiger partial charge in [-0.15, -0.1) is 16.8 Å². The van der Waals surface area contributed by atoms with Crippen LogP contribution in [0.1, 0.15) is 75.1 Å². The van der Waals surface area contributed by atoms with Crippen molar-refractivity contribution in [2.45, 2.75) is 71.1 Å². The predicted molar refractivity (Wildman–Crippen MR) is 204 cm³/mol. The number of carbonyl (C=O) groups excluding carboxylic acids is 1. The van der Waals surface area contributed by atoms with E-state index in [9.17, 15) is 9.90 Å². The van der Waals surface area contributed by atoms with Crippen LogP contribution in [-0.2, 0) is 11.3 Å². The van der Waals surface area contributed by atoms with Crippen LogP contribution in [0, 0.1) is 5.41 Å². The predicted octanol–water partition coefficient (Wildman–Crippen LogP) is 6.31. The lowest BCUT2D eigenvalue weighted by molar-refractivity contribution is 0.0561. The standard InChI is InChI=1S/C40H50N8O4/c1-5-22-51-30-18-20-47(21-19-30)39-46-45-37-17-15-31(24-48(37)39)52-26-28-12-16-34(33-9-7-6-8-32(28)33)43-38(50)44-36(23-35(41)40(2,3)4)42-29-13-10-27(25-49)11-14-29/h5-11,13-15,17,23-24,28,30,34,49H,1,12,16,18-22,25-26,41H2,2-4H3,(H2,42,43,44,50)/b35-23-/t28-,34-/m0/s1. The highest BCUT2D eigenvalue weighted by atomic mass is 16.5. The fourth-order valence-electron chi connectivity index (χ4n) is 6.57. The van der Waals surface area contributed by atoms with Gasteiger partial charge in [-0.2, -0.15) is 0 Å². The van der Waals surface area contributed by atoms with Crippen LogP contribution in [0.2, 0.25) is 0 Å². The Labute approximate surface area is 305 Å². The van der Waals surface area contributed by atoms with E-state index < -0.39 is 0 Å². The number of aliphatic hydroxyl groups excluding tert-OH is 1. The monoisotopic (exact) mass is 706 g/mol. The molecule has 5 N–H and O–H groups in total. The molecule has 1 fully saturated rings. The number of pyridine rings is 1. The summed E-state index contributed by atoms with van der Waals surface area (Å²) in [5, 5.41) is 24.4. The molecule has 1 aliphatic heterocycles. The van der Waals surface area contributed by atoms with Crippen LogP contribution in [0.25, 0.3) is 5.65 Å². The van der Waals surface area contributed by atoms with Crippen LogP contribution in [0.15, 0.2) is 96.3 Å². The number of amides is 2. The molecule has 52 heavy (non-hydrogen) atoms. The molecule has 0 bridgehead atoms. The maximum absolute atomic E-state index is 13.5. The number of urea groups is 1. The van der Waals surface area contributed by atoms with Gasteiger partial charge in [-0.05, 0) is 66.6 Å². The zero-order chi connectivity index (χ0) is 36.7. The van der Waals surface area contributed by atoms with Gasteiger partial charge in [0.25, 0.3) is 0 Å². The first-order chi connectivity index (χ1) is 25.1. The number of amidine groups is 1. The largest absolute Gasteiger partial charge is 0.491 e. The van der Waals surface area contributed by atoms with Crippen LogP contribution in [0.5, 0.6) is 5.75 Å². The molecule has 2 atom stereocenters. The summed E-state index contributed by atoms with van der Waals surface area (Å²) in [6.45, 7) is 12.4. The number of allylic oxidation sites excluding steroid dienone is 1. The summed E-state index contributed by atoms with van der Waals surface area (Å²) in [4.78, 5) is 20.4. The first-order valence-corrected chi connectivity index (χ1v) is 18.0. The Balaban J connectivity index is 1.11. The van der Waals surface area contributed by atoms with E-state index >= 15 is 0 Å². The number of anilines is 1. The molecule has 4 aromatic rings. The lowest BCUT2D eigenvalue weighted by Crippen LogP contribution is -2.42. The van der Waals surface area contributed by atoms with E-state index in [1.165, 1.54) is 0 Å². The third-order valence-corrected chi connectivity index (χ3v) is 9.67. The number of nitrogens with zero attached hydrogens (tertiary/aromatic N) is 5. The highest BCUT2D eigenvalue weighted by Gasteiger charge is 2.29. The number of rotatable bonds is 11. The number of aromatic nitrogens is 3. The molecule has 1 aliphatic carbocycles. The molecule has 0 saturated carbocycles. The summed E-state index contributed by atoms with van der Waals surface area (Å²) in [6.07, 6.45) is 9.12. The van der Waals surface area contributed by atoms with Gasteiger partial charge in [0.1, 0.15) is 11.6 Å². The fourth-order valence-corrected chi connectivity index (χ4v) is 6.57. The number of aliphatic hydroxyl groups is 1. The summed E-state index contributed by atoms with van der Waals surface area (Å²) in [7, 11) is 0. The molecule has 0 radical (unpaired) electrons. The van der Waals surface area contributed by atoms with Crippen LogP contribution >= 0.6 is 0 Å². The molecule has 12 heteroatoms. The van der Waals surface area contributed by atoms with Gasteiger partial charge in [0.05, 0.1) is 43.9 Å². The van der Waals surface area contributed by atoms with Gasteiger partial charge in [0.15, 0.2) is 5.65 Å². The maximum atomic E-state index is 13.5. The van der Waals surface area contributed by atoms with Crippen molar-refractivity contribution in [1.29, 1.82) is 0 Å². The van der Waals surface area contributed by atoms with Crippen molar-refractivity contribution in [3.8, 4) is 5.75 Å². The van der Waals surface area contributed by atoms with E-state index in [4.69, 9.17) is 15.2 Å². The minimum atomic E-state index is -0.371. The van der Waals surface area contributed by atoms with Gasteiger partial charge >= 0.3 is 6.03 Å². The van der Waals surface area contributed by atoms with Crippen molar-refractivity contribution < 1.29 is 19.4 Å². The third kappa shape index (κ3) is 8.99. The SMILES string of the molecule is C=CCOC1CCN(c2nnc3ccc(OC[C@@H]4CC[C@H](NC(=O)NC(/C=C(\N)C(C)(C)C)=Nc5ccc(CO)cc5)c5ccccc54)cn23)CC1. The van der Waals surface area contributed by atoms with Gasteiger partial charge in [-0.3, -0.25) is 9.72 Å². The number of fused-ring (bicyclic) bond motifs is 2. The number of ether oxygens (including phenoxy) is 2. The number of hydrogen-bond donors (Lipinski definition) is 4. The summed E-state index contributed by atoms with van der Waals surface area (Å²) in [5.41, 5.74) is 11.1. The lowest BCUT2D eigenvalue weighted by atomic mass is 9.80. The minimum Gasteiger partial charge on any atom is -0.491 e. The second-order valence-corrected chi connectivity index (χ2v) is 14.4. The Hall–Kier alpha value is -5.20. The van der Waals surface area contributed by atoms with E-state index in [0.29, 0.717) is 30.4 Å². The Morgan fingerprint density at radius 3 is 2.50 bits per heavy atom. The van der Waals surface area contributed by atoms with Gasteiger partial charge < -0.3 is 30.5 Å². The van der Waals surface area contributed by atoms with Crippen molar-refractivity contribution in [2.24, 2.45) is 16.1 Å². The van der Waals surface area contributed by atoms with Crippen LogP contribution in [0.4, 0.5) is 16.4 Å². The second-order valence-electron chi connectivity index (χ2n) is 14.4. The van der Waals surface area contributed by atoms with Gasteiger partial charge in [-0.25, -0.2) is 9.79 Å². The topological polar surface area (TPSA) is 152 Å². The smallest absolute Gasteiger partial charge is 0.320 e. The van der Waals surface area contributed by atoms with Crippen molar-refractivity contribution in [3.05, 3.63) is 108 Å². The number of nitrogens with two attached hydrogens (primary N) is 1. The van der Waals surface area contributed by atoms with E-state index in [-0.39, 0.29) is 36.1 Å². The Morgan fingerprint density at radius 1 is 1.04 bits per heavy atom. The number of nitrogens with one attached hydrogen (secondary N) is 2.